The van der Waals surface area contributed by atoms with Crippen LogP contribution in [0.15, 0.2) is 0 Å². The third-order valence-corrected chi connectivity index (χ3v) is 5.18. The Morgan fingerprint density at radius 1 is 1.25 bits per heavy atom. The first-order valence-corrected chi connectivity index (χ1v) is 7.61. The molecule has 0 amide bonds. The standard InChI is InChI=1S/C10H22N2O2S2/c1-4-7-12(8-5-2)16(13,14)9(6-3)10(11)15/h9H,4-8H2,1-3H3,(H2,11,15). The van der Waals surface area contributed by atoms with Crippen LogP contribution in [0.2, 0.25) is 0 Å². The fourth-order valence-electron chi connectivity index (χ4n) is 1.60. The highest BCUT2D eigenvalue weighted by Gasteiger charge is 2.31. The Labute approximate surface area is 104 Å². The Morgan fingerprint density at radius 3 is 1.94 bits per heavy atom. The number of sulfonamides is 1. The summed E-state index contributed by atoms with van der Waals surface area (Å²) in [5, 5.41) is -0.722. The quantitative estimate of drug-likeness (QED) is 0.676. The van der Waals surface area contributed by atoms with E-state index in [1.165, 1.54) is 4.31 Å². The van der Waals surface area contributed by atoms with Crippen LogP contribution in [0.25, 0.3) is 0 Å². The van der Waals surface area contributed by atoms with E-state index in [0.717, 1.165) is 12.8 Å². The van der Waals surface area contributed by atoms with Gasteiger partial charge in [0.1, 0.15) is 5.25 Å². The molecule has 0 radical (unpaired) electrons. The van der Waals surface area contributed by atoms with Crippen molar-refractivity contribution in [2.75, 3.05) is 13.1 Å². The summed E-state index contributed by atoms with van der Waals surface area (Å²) in [6, 6.07) is 0. The van der Waals surface area contributed by atoms with Crippen molar-refractivity contribution in [3.8, 4) is 0 Å². The van der Waals surface area contributed by atoms with E-state index in [1.807, 2.05) is 13.8 Å². The molecule has 0 fully saturated rings. The zero-order valence-corrected chi connectivity index (χ0v) is 11.9. The molecule has 4 nitrogen and oxygen atoms in total. The molecule has 0 aromatic rings. The molecule has 0 saturated heterocycles. The Hall–Kier alpha value is -0.200. The summed E-state index contributed by atoms with van der Waals surface area (Å²) in [4.78, 5) is 0.0692. The summed E-state index contributed by atoms with van der Waals surface area (Å²) in [6.45, 7) is 6.78. The molecule has 0 bridgehead atoms. The number of nitrogens with two attached hydrogens (primary N) is 1. The number of hydrogen-bond acceptors (Lipinski definition) is 3. The third-order valence-electron chi connectivity index (χ3n) is 2.35. The van der Waals surface area contributed by atoms with Gasteiger partial charge in [-0.3, -0.25) is 0 Å². The summed E-state index contributed by atoms with van der Waals surface area (Å²) in [7, 11) is -3.37. The maximum absolute atomic E-state index is 12.2. The van der Waals surface area contributed by atoms with Gasteiger partial charge in [0.2, 0.25) is 10.0 Å². The van der Waals surface area contributed by atoms with Gasteiger partial charge in [0.05, 0.1) is 4.99 Å². The zero-order chi connectivity index (χ0) is 12.8. The molecule has 0 rings (SSSR count). The Bertz CT molecular complexity index is 309. The van der Waals surface area contributed by atoms with Gasteiger partial charge in [-0.15, -0.1) is 0 Å². The number of rotatable bonds is 8. The van der Waals surface area contributed by atoms with Crippen LogP contribution in [0.4, 0.5) is 0 Å². The van der Waals surface area contributed by atoms with Gasteiger partial charge < -0.3 is 5.73 Å². The third kappa shape index (κ3) is 3.99. The monoisotopic (exact) mass is 266 g/mol. The molecular weight excluding hydrogens is 244 g/mol. The molecule has 2 N–H and O–H groups in total. The topological polar surface area (TPSA) is 63.4 Å². The van der Waals surface area contributed by atoms with E-state index in [9.17, 15) is 8.42 Å². The Morgan fingerprint density at radius 2 is 1.69 bits per heavy atom. The van der Waals surface area contributed by atoms with Crippen molar-refractivity contribution in [2.45, 2.75) is 45.3 Å². The highest BCUT2D eigenvalue weighted by molar-refractivity contribution is 7.92. The van der Waals surface area contributed by atoms with Crippen LogP contribution in [0.5, 0.6) is 0 Å². The van der Waals surface area contributed by atoms with E-state index >= 15 is 0 Å². The summed E-state index contributed by atoms with van der Waals surface area (Å²) in [5.74, 6) is 0. The molecule has 0 heterocycles. The highest BCUT2D eigenvalue weighted by atomic mass is 32.2. The fourth-order valence-corrected chi connectivity index (χ4v) is 4.08. The van der Waals surface area contributed by atoms with E-state index < -0.39 is 15.3 Å². The van der Waals surface area contributed by atoms with Gasteiger partial charge in [-0.25, -0.2) is 12.7 Å². The smallest absolute Gasteiger partial charge is 0.223 e. The fraction of sp³-hybridized carbons (Fsp3) is 0.900. The molecule has 0 saturated carbocycles. The van der Waals surface area contributed by atoms with Crippen molar-refractivity contribution in [1.82, 2.24) is 4.31 Å². The maximum atomic E-state index is 12.2. The largest absolute Gasteiger partial charge is 0.392 e. The van der Waals surface area contributed by atoms with E-state index in [-0.39, 0.29) is 4.99 Å². The average Bonchev–Trinajstić information content (AvgIpc) is 2.17. The van der Waals surface area contributed by atoms with Gasteiger partial charge in [0.25, 0.3) is 0 Å². The molecule has 1 unspecified atom stereocenters. The highest BCUT2D eigenvalue weighted by Crippen LogP contribution is 2.14. The van der Waals surface area contributed by atoms with Gasteiger partial charge in [-0.05, 0) is 19.3 Å². The summed E-state index contributed by atoms with van der Waals surface area (Å²) < 4.78 is 26.0. The van der Waals surface area contributed by atoms with E-state index in [1.54, 1.807) is 6.92 Å². The molecule has 1 atom stereocenters. The lowest BCUT2D eigenvalue weighted by Gasteiger charge is -2.25. The van der Waals surface area contributed by atoms with Gasteiger partial charge in [0, 0.05) is 13.1 Å². The normalized spacial score (nSPS) is 14.0. The second kappa shape index (κ2) is 7.19. The second-order valence-corrected chi connectivity index (χ2v) is 6.33. The number of thiocarbonyl (C=S) groups is 1. The van der Waals surface area contributed by atoms with Gasteiger partial charge in [-0.2, -0.15) is 0 Å². The van der Waals surface area contributed by atoms with Gasteiger partial charge in [-0.1, -0.05) is 33.0 Å². The van der Waals surface area contributed by atoms with Gasteiger partial charge in [0.15, 0.2) is 0 Å². The minimum absolute atomic E-state index is 0.0692. The molecule has 96 valence electrons. The van der Waals surface area contributed by atoms with Crippen LogP contribution >= 0.6 is 12.2 Å². The molecule has 0 aromatic carbocycles. The Kier molecular flexibility index (Phi) is 7.10. The second-order valence-electron chi connectivity index (χ2n) is 3.74. The predicted molar refractivity (Wildman–Crippen MR) is 71.9 cm³/mol. The Balaban J connectivity index is 5.02. The molecule has 6 heteroatoms. The maximum Gasteiger partial charge on any atom is 0.223 e. The van der Waals surface area contributed by atoms with Crippen LogP contribution in [0, 0.1) is 0 Å². The average molecular weight is 266 g/mol. The molecule has 16 heavy (non-hydrogen) atoms. The summed E-state index contributed by atoms with van der Waals surface area (Å²) in [5.41, 5.74) is 5.49. The summed E-state index contributed by atoms with van der Waals surface area (Å²) in [6.07, 6.45) is 2.03. The van der Waals surface area contributed by atoms with E-state index in [0.29, 0.717) is 19.5 Å². The lowest BCUT2D eigenvalue weighted by atomic mass is 10.3. The zero-order valence-electron chi connectivity index (χ0n) is 10.3. The van der Waals surface area contributed by atoms with Crippen molar-refractivity contribution >= 4 is 27.2 Å². The minimum atomic E-state index is -3.37. The van der Waals surface area contributed by atoms with Crippen molar-refractivity contribution in [3.05, 3.63) is 0 Å². The van der Waals surface area contributed by atoms with Crippen LogP contribution in [-0.4, -0.2) is 36.1 Å². The lowest BCUT2D eigenvalue weighted by Crippen LogP contribution is -2.44. The minimum Gasteiger partial charge on any atom is -0.392 e. The summed E-state index contributed by atoms with van der Waals surface area (Å²) >= 11 is 4.82. The van der Waals surface area contributed by atoms with Gasteiger partial charge >= 0.3 is 0 Å². The van der Waals surface area contributed by atoms with Crippen molar-refractivity contribution in [3.63, 3.8) is 0 Å². The van der Waals surface area contributed by atoms with Crippen LogP contribution in [0.3, 0.4) is 0 Å². The predicted octanol–water partition coefficient (Wildman–Crippen LogP) is 1.50. The number of nitrogens with zero attached hydrogens (tertiary/aromatic N) is 1. The van der Waals surface area contributed by atoms with E-state index in [2.05, 4.69) is 0 Å². The molecule has 0 aliphatic carbocycles. The van der Waals surface area contributed by atoms with Crippen LogP contribution in [-0.2, 0) is 10.0 Å². The van der Waals surface area contributed by atoms with E-state index in [4.69, 9.17) is 18.0 Å². The molecule has 0 aliphatic heterocycles. The molecular formula is C10H22N2O2S2. The molecule has 0 spiro atoms. The molecule has 0 aromatic heterocycles. The van der Waals surface area contributed by atoms with Crippen molar-refractivity contribution in [2.24, 2.45) is 5.73 Å². The SMILES string of the molecule is CCCN(CCC)S(=O)(=O)C(CC)C(N)=S. The number of hydrogen-bond donors (Lipinski definition) is 1. The molecule has 0 aliphatic rings. The lowest BCUT2D eigenvalue weighted by molar-refractivity contribution is 0.406. The first kappa shape index (κ1) is 15.8. The van der Waals surface area contributed by atoms with Crippen LogP contribution in [0.1, 0.15) is 40.0 Å². The van der Waals surface area contributed by atoms with Crippen molar-refractivity contribution in [1.29, 1.82) is 0 Å². The first-order chi connectivity index (χ1) is 7.41. The first-order valence-electron chi connectivity index (χ1n) is 5.70. The van der Waals surface area contributed by atoms with Crippen molar-refractivity contribution < 1.29 is 8.42 Å². The van der Waals surface area contributed by atoms with Crippen LogP contribution < -0.4 is 5.73 Å².